The Bertz CT molecular complexity index is 584. The molecule has 6 heteroatoms. The maximum Gasteiger partial charge on any atom is 0.311 e. The van der Waals surface area contributed by atoms with Gasteiger partial charge >= 0.3 is 11.9 Å². The standard InChI is InChI=1S/C23H34Cl2O4/c1-2-3-4-9-12-18-28-21(26)16-10-7-5-6-8-11-17-22(27)29-23-19(24)14-13-15-20(23)25/h13-15H,2-12,16-18H2,1H3. The van der Waals surface area contributed by atoms with Crippen molar-refractivity contribution in [3.63, 3.8) is 0 Å². The molecule has 0 heterocycles. The molecule has 1 rings (SSSR count). The summed E-state index contributed by atoms with van der Waals surface area (Å²) in [6.07, 6.45) is 12.3. The van der Waals surface area contributed by atoms with Gasteiger partial charge in [0.1, 0.15) is 0 Å². The van der Waals surface area contributed by atoms with Crippen LogP contribution in [0.3, 0.4) is 0 Å². The first-order valence-electron chi connectivity index (χ1n) is 10.8. The molecular formula is C23H34Cl2O4. The molecule has 0 bridgehead atoms. The fourth-order valence-electron chi connectivity index (χ4n) is 2.95. The number of halogens is 2. The van der Waals surface area contributed by atoms with Crippen LogP contribution in [0.25, 0.3) is 0 Å². The lowest BCUT2D eigenvalue weighted by molar-refractivity contribution is -0.144. The first-order chi connectivity index (χ1) is 14.0. The van der Waals surface area contributed by atoms with Crippen LogP contribution in [0, 0.1) is 0 Å². The number of unbranched alkanes of at least 4 members (excludes halogenated alkanes) is 9. The summed E-state index contributed by atoms with van der Waals surface area (Å²) < 4.78 is 10.5. The van der Waals surface area contributed by atoms with E-state index in [0.29, 0.717) is 29.5 Å². The average Bonchev–Trinajstić information content (AvgIpc) is 2.69. The summed E-state index contributed by atoms with van der Waals surface area (Å²) in [4.78, 5) is 23.5. The highest BCUT2D eigenvalue weighted by Gasteiger charge is 2.11. The molecule has 0 amide bonds. The summed E-state index contributed by atoms with van der Waals surface area (Å²) in [6.45, 7) is 2.74. The Morgan fingerprint density at radius 3 is 1.90 bits per heavy atom. The molecule has 0 radical (unpaired) electrons. The number of esters is 2. The average molecular weight is 445 g/mol. The number of carbonyl (C=O) groups excluding carboxylic acids is 2. The van der Waals surface area contributed by atoms with Gasteiger partial charge in [0.15, 0.2) is 5.75 Å². The van der Waals surface area contributed by atoms with E-state index in [1.165, 1.54) is 19.3 Å². The van der Waals surface area contributed by atoms with E-state index in [1.807, 2.05) is 0 Å². The van der Waals surface area contributed by atoms with Crippen LogP contribution < -0.4 is 4.74 Å². The van der Waals surface area contributed by atoms with Gasteiger partial charge < -0.3 is 9.47 Å². The number of ether oxygens (including phenoxy) is 2. The van der Waals surface area contributed by atoms with Gasteiger partial charge in [-0.15, -0.1) is 0 Å². The van der Waals surface area contributed by atoms with Crippen LogP contribution in [-0.2, 0) is 14.3 Å². The van der Waals surface area contributed by atoms with Crippen molar-refractivity contribution in [3.8, 4) is 5.75 Å². The van der Waals surface area contributed by atoms with Crippen molar-refractivity contribution in [1.29, 1.82) is 0 Å². The third-order valence-electron chi connectivity index (χ3n) is 4.66. The molecule has 4 nitrogen and oxygen atoms in total. The van der Waals surface area contributed by atoms with E-state index in [2.05, 4.69) is 6.92 Å². The van der Waals surface area contributed by atoms with Crippen LogP contribution >= 0.6 is 23.2 Å². The Hall–Kier alpha value is -1.26. The van der Waals surface area contributed by atoms with Gasteiger partial charge in [-0.2, -0.15) is 0 Å². The van der Waals surface area contributed by atoms with E-state index < -0.39 is 0 Å². The van der Waals surface area contributed by atoms with Crippen molar-refractivity contribution in [2.24, 2.45) is 0 Å². The zero-order valence-electron chi connectivity index (χ0n) is 17.5. The Labute approximate surface area is 185 Å². The molecule has 0 aliphatic rings. The summed E-state index contributed by atoms with van der Waals surface area (Å²) in [5.74, 6) is -0.174. The molecule has 0 aliphatic heterocycles. The predicted molar refractivity (Wildman–Crippen MR) is 119 cm³/mol. The quantitative estimate of drug-likeness (QED) is 0.150. The SMILES string of the molecule is CCCCCCCOC(=O)CCCCCCCCC(=O)Oc1c(Cl)cccc1Cl. The van der Waals surface area contributed by atoms with Gasteiger partial charge in [-0.3, -0.25) is 9.59 Å². The van der Waals surface area contributed by atoms with E-state index in [9.17, 15) is 9.59 Å². The largest absolute Gasteiger partial charge is 0.466 e. The highest BCUT2D eigenvalue weighted by Crippen LogP contribution is 2.32. The number of para-hydroxylation sites is 1. The van der Waals surface area contributed by atoms with E-state index in [4.69, 9.17) is 32.7 Å². The van der Waals surface area contributed by atoms with Gasteiger partial charge in [-0.05, 0) is 31.4 Å². The second-order valence-corrected chi connectivity index (χ2v) is 8.10. The summed E-state index contributed by atoms with van der Waals surface area (Å²) in [7, 11) is 0. The Kier molecular flexibility index (Phi) is 14.7. The summed E-state index contributed by atoms with van der Waals surface area (Å²) >= 11 is 12.0. The van der Waals surface area contributed by atoms with Gasteiger partial charge in [0.05, 0.1) is 16.7 Å². The van der Waals surface area contributed by atoms with Gasteiger partial charge in [-0.1, -0.05) is 87.6 Å². The van der Waals surface area contributed by atoms with E-state index in [-0.39, 0.29) is 17.7 Å². The lowest BCUT2D eigenvalue weighted by atomic mass is 10.1. The maximum absolute atomic E-state index is 11.9. The lowest BCUT2D eigenvalue weighted by Gasteiger charge is -2.08. The molecule has 0 atom stereocenters. The van der Waals surface area contributed by atoms with E-state index in [0.717, 1.165) is 51.4 Å². The van der Waals surface area contributed by atoms with Crippen LogP contribution in [0.15, 0.2) is 18.2 Å². The van der Waals surface area contributed by atoms with E-state index >= 15 is 0 Å². The van der Waals surface area contributed by atoms with Gasteiger partial charge in [0.2, 0.25) is 0 Å². The zero-order valence-corrected chi connectivity index (χ0v) is 19.0. The topological polar surface area (TPSA) is 52.6 Å². The highest BCUT2D eigenvalue weighted by molar-refractivity contribution is 6.37. The zero-order chi connectivity index (χ0) is 21.3. The van der Waals surface area contributed by atoms with Crippen molar-refractivity contribution >= 4 is 35.1 Å². The minimum absolute atomic E-state index is 0.0820. The molecule has 0 aliphatic carbocycles. The Morgan fingerprint density at radius 1 is 0.759 bits per heavy atom. The highest BCUT2D eigenvalue weighted by atomic mass is 35.5. The molecule has 0 aromatic heterocycles. The monoisotopic (exact) mass is 444 g/mol. The number of rotatable bonds is 16. The van der Waals surface area contributed by atoms with Gasteiger partial charge in [0, 0.05) is 12.8 Å². The van der Waals surface area contributed by atoms with Crippen LogP contribution in [0.2, 0.25) is 10.0 Å². The minimum Gasteiger partial charge on any atom is -0.466 e. The Morgan fingerprint density at radius 2 is 1.28 bits per heavy atom. The van der Waals surface area contributed by atoms with Crippen molar-refractivity contribution in [3.05, 3.63) is 28.2 Å². The summed E-state index contributed by atoms with van der Waals surface area (Å²) in [5, 5.41) is 0.668. The van der Waals surface area contributed by atoms with Gasteiger partial charge in [-0.25, -0.2) is 0 Å². The lowest BCUT2D eigenvalue weighted by Crippen LogP contribution is -2.08. The second-order valence-electron chi connectivity index (χ2n) is 7.28. The number of carbonyl (C=O) groups is 2. The van der Waals surface area contributed by atoms with Gasteiger partial charge in [0.25, 0.3) is 0 Å². The van der Waals surface area contributed by atoms with Crippen LogP contribution in [0.4, 0.5) is 0 Å². The third kappa shape index (κ3) is 12.8. The maximum atomic E-state index is 11.9. The second kappa shape index (κ2) is 16.5. The molecule has 1 aromatic carbocycles. The van der Waals surface area contributed by atoms with E-state index in [1.54, 1.807) is 18.2 Å². The van der Waals surface area contributed by atoms with Crippen molar-refractivity contribution < 1.29 is 19.1 Å². The number of hydrogen-bond acceptors (Lipinski definition) is 4. The molecule has 0 spiro atoms. The third-order valence-corrected chi connectivity index (χ3v) is 5.25. The smallest absolute Gasteiger partial charge is 0.311 e. The normalized spacial score (nSPS) is 10.7. The van der Waals surface area contributed by atoms with Crippen molar-refractivity contribution in [1.82, 2.24) is 0 Å². The summed E-state index contributed by atoms with van der Waals surface area (Å²) in [6, 6.07) is 4.98. The van der Waals surface area contributed by atoms with Crippen LogP contribution in [0.5, 0.6) is 5.75 Å². The first-order valence-corrected chi connectivity index (χ1v) is 11.6. The predicted octanol–water partition coefficient (Wildman–Crippen LogP) is 7.53. The molecular weight excluding hydrogens is 411 g/mol. The fourth-order valence-corrected chi connectivity index (χ4v) is 3.43. The minimum atomic E-state index is -0.322. The molecule has 1 aromatic rings. The molecule has 0 saturated heterocycles. The van der Waals surface area contributed by atoms with Crippen molar-refractivity contribution in [2.45, 2.75) is 90.4 Å². The molecule has 0 saturated carbocycles. The van der Waals surface area contributed by atoms with Crippen LogP contribution in [-0.4, -0.2) is 18.5 Å². The molecule has 164 valence electrons. The number of hydrogen-bond donors (Lipinski definition) is 0. The summed E-state index contributed by atoms with van der Waals surface area (Å²) in [5.41, 5.74) is 0. The first kappa shape index (κ1) is 25.8. The van der Waals surface area contributed by atoms with Crippen molar-refractivity contribution in [2.75, 3.05) is 6.61 Å². The molecule has 29 heavy (non-hydrogen) atoms. The molecule has 0 fully saturated rings. The molecule has 0 unspecified atom stereocenters. The molecule has 0 N–H and O–H groups in total. The fraction of sp³-hybridized carbons (Fsp3) is 0.652. The number of benzene rings is 1. The Balaban J connectivity index is 1.95. The van der Waals surface area contributed by atoms with Crippen LogP contribution in [0.1, 0.15) is 90.4 Å².